The average Bonchev–Trinajstić information content (AvgIpc) is 1.84. The molecule has 0 saturated heterocycles. The third-order valence-corrected chi connectivity index (χ3v) is 2.97. The zero-order valence-electron chi connectivity index (χ0n) is 7.34. The standard InChI is InChI=1S/C9H17NS/c1-9(2,11-10)7-6-8-4-3-5-8/h6-8H,3-5,10H2,1-2H3/b7-6+. The second-order valence-corrected chi connectivity index (χ2v) is 5.06. The van der Waals surface area contributed by atoms with E-state index in [1.807, 2.05) is 0 Å². The topological polar surface area (TPSA) is 26.0 Å². The molecule has 0 heterocycles. The zero-order chi connectivity index (χ0) is 8.32. The van der Waals surface area contributed by atoms with Gasteiger partial charge in [0.05, 0.1) is 0 Å². The predicted molar refractivity (Wildman–Crippen MR) is 52.3 cm³/mol. The Morgan fingerprint density at radius 3 is 2.45 bits per heavy atom. The fourth-order valence-corrected chi connectivity index (χ4v) is 1.20. The summed E-state index contributed by atoms with van der Waals surface area (Å²) in [6.45, 7) is 4.29. The maximum Gasteiger partial charge on any atom is 0.0425 e. The minimum Gasteiger partial charge on any atom is -0.277 e. The minimum absolute atomic E-state index is 0.121. The van der Waals surface area contributed by atoms with Crippen LogP contribution in [0.3, 0.4) is 0 Å². The monoisotopic (exact) mass is 171 g/mol. The van der Waals surface area contributed by atoms with Crippen molar-refractivity contribution in [3.05, 3.63) is 12.2 Å². The molecule has 0 aromatic heterocycles. The Hall–Kier alpha value is 0.0500. The van der Waals surface area contributed by atoms with Crippen molar-refractivity contribution in [2.45, 2.75) is 37.9 Å². The molecule has 11 heavy (non-hydrogen) atoms. The van der Waals surface area contributed by atoms with Gasteiger partial charge in [-0.2, -0.15) is 0 Å². The smallest absolute Gasteiger partial charge is 0.0425 e. The highest BCUT2D eigenvalue weighted by Crippen LogP contribution is 2.29. The lowest BCUT2D eigenvalue weighted by molar-refractivity contribution is 0.386. The van der Waals surface area contributed by atoms with Gasteiger partial charge in [-0.05, 0) is 32.6 Å². The van der Waals surface area contributed by atoms with Gasteiger partial charge in [-0.3, -0.25) is 5.14 Å². The molecule has 0 bridgehead atoms. The summed E-state index contributed by atoms with van der Waals surface area (Å²) in [5.41, 5.74) is 0. The largest absolute Gasteiger partial charge is 0.277 e. The average molecular weight is 171 g/mol. The van der Waals surface area contributed by atoms with Gasteiger partial charge in [-0.15, -0.1) is 0 Å². The summed E-state index contributed by atoms with van der Waals surface area (Å²) in [6.07, 6.45) is 8.72. The summed E-state index contributed by atoms with van der Waals surface area (Å²) in [4.78, 5) is 0. The van der Waals surface area contributed by atoms with Gasteiger partial charge in [-0.1, -0.05) is 30.5 Å². The van der Waals surface area contributed by atoms with Gasteiger partial charge in [0.25, 0.3) is 0 Å². The quantitative estimate of drug-likeness (QED) is 0.522. The molecule has 0 radical (unpaired) electrons. The highest BCUT2D eigenvalue weighted by atomic mass is 32.2. The van der Waals surface area contributed by atoms with Crippen LogP contribution in [0.5, 0.6) is 0 Å². The van der Waals surface area contributed by atoms with Crippen LogP contribution in [0.2, 0.25) is 0 Å². The highest BCUT2D eigenvalue weighted by molar-refractivity contribution is 7.98. The van der Waals surface area contributed by atoms with Gasteiger partial charge in [0.1, 0.15) is 0 Å². The normalized spacial score (nSPS) is 20.6. The van der Waals surface area contributed by atoms with E-state index >= 15 is 0 Å². The van der Waals surface area contributed by atoms with Crippen molar-refractivity contribution in [1.29, 1.82) is 0 Å². The van der Waals surface area contributed by atoms with Crippen LogP contribution in [-0.2, 0) is 0 Å². The van der Waals surface area contributed by atoms with Gasteiger partial charge in [0.15, 0.2) is 0 Å². The summed E-state index contributed by atoms with van der Waals surface area (Å²) >= 11 is 1.42. The number of rotatable bonds is 3. The zero-order valence-corrected chi connectivity index (χ0v) is 8.16. The van der Waals surface area contributed by atoms with Gasteiger partial charge in [0, 0.05) is 4.75 Å². The summed E-state index contributed by atoms with van der Waals surface area (Å²) < 4.78 is 0.121. The van der Waals surface area contributed by atoms with Crippen molar-refractivity contribution in [2.75, 3.05) is 0 Å². The number of hydrogen-bond acceptors (Lipinski definition) is 2. The summed E-state index contributed by atoms with van der Waals surface area (Å²) in [6, 6.07) is 0. The van der Waals surface area contributed by atoms with E-state index in [2.05, 4.69) is 26.0 Å². The van der Waals surface area contributed by atoms with Crippen LogP contribution in [0.25, 0.3) is 0 Å². The maximum absolute atomic E-state index is 5.52. The fourth-order valence-electron chi connectivity index (χ4n) is 1.04. The van der Waals surface area contributed by atoms with Crippen LogP contribution in [-0.4, -0.2) is 4.75 Å². The summed E-state index contributed by atoms with van der Waals surface area (Å²) in [5, 5.41) is 5.52. The van der Waals surface area contributed by atoms with Crippen LogP contribution in [0, 0.1) is 5.92 Å². The molecule has 2 heteroatoms. The van der Waals surface area contributed by atoms with E-state index in [1.165, 1.54) is 31.2 Å². The molecule has 1 aliphatic carbocycles. The SMILES string of the molecule is CC(C)(/C=C/C1CCC1)SN. The molecule has 1 aliphatic rings. The fraction of sp³-hybridized carbons (Fsp3) is 0.778. The number of allylic oxidation sites excluding steroid dienone is 1. The van der Waals surface area contributed by atoms with Crippen LogP contribution in [0.1, 0.15) is 33.1 Å². The molecule has 1 rings (SSSR count). The van der Waals surface area contributed by atoms with Gasteiger partial charge in [-0.25, -0.2) is 0 Å². The molecule has 0 aliphatic heterocycles. The molecular formula is C9H17NS. The number of nitrogens with two attached hydrogens (primary N) is 1. The molecule has 0 aromatic carbocycles. The third kappa shape index (κ3) is 2.88. The van der Waals surface area contributed by atoms with Crippen LogP contribution >= 0.6 is 11.9 Å². The molecule has 0 spiro atoms. The van der Waals surface area contributed by atoms with Crippen molar-refractivity contribution in [1.82, 2.24) is 0 Å². The van der Waals surface area contributed by atoms with Crippen LogP contribution in [0.4, 0.5) is 0 Å². The lowest BCUT2D eigenvalue weighted by Gasteiger charge is -2.23. The summed E-state index contributed by atoms with van der Waals surface area (Å²) in [5.74, 6) is 0.849. The maximum atomic E-state index is 5.52. The molecule has 64 valence electrons. The molecule has 0 unspecified atom stereocenters. The number of hydrogen-bond donors (Lipinski definition) is 1. The van der Waals surface area contributed by atoms with Crippen molar-refractivity contribution in [2.24, 2.45) is 11.1 Å². The predicted octanol–water partition coefficient (Wildman–Crippen LogP) is 2.73. The summed E-state index contributed by atoms with van der Waals surface area (Å²) in [7, 11) is 0. The van der Waals surface area contributed by atoms with Gasteiger partial charge < -0.3 is 0 Å². The van der Waals surface area contributed by atoms with E-state index in [0.29, 0.717) is 0 Å². The van der Waals surface area contributed by atoms with Gasteiger partial charge in [0.2, 0.25) is 0 Å². The van der Waals surface area contributed by atoms with E-state index < -0.39 is 0 Å². The van der Waals surface area contributed by atoms with E-state index in [4.69, 9.17) is 5.14 Å². The van der Waals surface area contributed by atoms with Crippen molar-refractivity contribution < 1.29 is 0 Å². The first-order chi connectivity index (χ1) is 5.14. The molecule has 2 N–H and O–H groups in total. The molecule has 0 aromatic rings. The van der Waals surface area contributed by atoms with E-state index in [1.54, 1.807) is 0 Å². The first kappa shape index (κ1) is 9.14. The van der Waals surface area contributed by atoms with Crippen LogP contribution in [0.15, 0.2) is 12.2 Å². The molecular weight excluding hydrogens is 154 g/mol. The Morgan fingerprint density at radius 2 is 2.09 bits per heavy atom. The van der Waals surface area contributed by atoms with Crippen LogP contribution < -0.4 is 5.14 Å². The van der Waals surface area contributed by atoms with Crippen molar-refractivity contribution >= 4 is 11.9 Å². The van der Waals surface area contributed by atoms with Crippen molar-refractivity contribution in [3.63, 3.8) is 0 Å². The Balaban J connectivity index is 2.32. The Kier molecular flexibility index (Phi) is 3.02. The molecule has 0 amide bonds. The lowest BCUT2D eigenvalue weighted by Crippen LogP contribution is -2.15. The second-order valence-electron chi connectivity index (χ2n) is 3.77. The first-order valence-electron chi connectivity index (χ1n) is 4.21. The second kappa shape index (κ2) is 3.63. The lowest BCUT2D eigenvalue weighted by atomic mass is 9.85. The molecule has 0 atom stereocenters. The van der Waals surface area contributed by atoms with E-state index in [-0.39, 0.29) is 4.75 Å². The Morgan fingerprint density at radius 1 is 1.45 bits per heavy atom. The van der Waals surface area contributed by atoms with E-state index in [9.17, 15) is 0 Å². The van der Waals surface area contributed by atoms with Crippen molar-refractivity contribution in [3.8, 4) is 0 Å². The van der Waals surface area contributed by atoms with E-state index in [0.717, 1.165) is 5.92 Å². The molecule has 1 fully saturated rings. The molecule has 1 saturated carbocycles. The Bertz CT molecular complexity index is 148. The highest BCUT2D eigenvalue weighted by Gasteiger charge is 2.17. The third-order valence-electron chi connectivity index (χ3n) is 2.22. The Labute approximate surface area is 73.6 Å². The first-order valence-corrected chi connectivity index (χ1v) is 5.09. The molecule has 1 nitrogen and oxygen atoms in total. The minimum atomic E-state index is 0.121. The van der Waals surface area contributed by atoms with Gasteiger partial charge >= 0.3 is 0 Å².